The van der Waals surface area contributed by atoms with Gasteiger partial charge in [-0.05, 0) is 46.8 Å². The molecule has 1 heterocycles. The topological polar surface area (TPSA) is 59.1 Å². The molecule has 0 unspecified atom stereocenters. The fraction of sp³-hybridized carbons (Fsp3) is 0.583. The van der Waals surface area contributed by atoms with Crippen molar-refractivity contribution in [3.63, 3.8) is 0 Å². The van der Waals surface area contributed by atoms with Crippen molar-refractivity contribution in [2.24, 2.45) is 5.92 Å². The van der Waals surface area contributed by atoms with Crippen LogP contribution in [0.15, 0.2) is 22.8 Å². The van der Waals surface area contributed by atoms with Crippen LogP contribution in [0, 0.1) is 5.92 Å². The minimum atomic E-state index is -3.28. The molecule has 0 saturated heterocycles. The van der Waals surface area contributed by atoms with Gasteiger partial charge in [0.25, 0.3) is 0 Å². The standard InChI is InChI=1S/C12H17BrN2O2S/c13-11-7-4-8-12(14-11)15-18(16,17)9-10-5-2-1-3-6-10/h4,7-8,10H,1-3,5-6,9H2,(H,14,15). The van der Waals surface area contributed by atoms with E-state index in [-0.39, 0.29) is 5.75 Å². The van der Waals surface area contributed by atoms with Crippen LogP contribution in [-0.2, 0) is 10.0 Å². The number of halogens is 1. The third kappa shape index (κ3) is 4.24. The Balaban J connectivity index is 1.98. The van der Waals surface area contributed by atoms with E-state index in [0.29, 0.717) is 16.3 Å². The summed E-state index contributed by atoms with van der Waals surface area (Å²) in [5, 5.41) is 0. The molecule has 1 aliphatic carbocycles. The molecule has 100 valence electrons. The van der Waals surface area contributed by atoms with Crippen molar-refractivity contribution < 1.29 is 8.42 Å². The monoisotopic (exact) mass is 332 g/mol. The van der Waals surface area contributed by atoms with Crippen LogP contribution in [-0.4, -0.2) is 19.2 Å². The van der Waals surface area contributed by atoms with E-state index < -0.39 is 10.0 Å². The van der Waals surface area contributed by atoms with Gasteiger partial charge in [0.1, 0.15) is 10.4 Å². The Labute approximate surface area is 116 Å². The molecule has 0 atom stereocenters. The summed E-state index contributed by atoms with van der Waals surface area (Å²) in [5.41, 5.74) is 0. The van der Waals surface area contributed by atoms with Crippen LogP contribution in [0.5, 0.6) is 0 Å². The van der Waals surface area contributed by atoms with Gasteiger partial charge in [-0.1, -0.05) is 25.3 Å². The highest BCUT2D eigenvalue weighted by atomic mass is 79.9. The molecular weight excluding hydrogens is 316 g/mol. The second-order valence-electron chi connectivity index (χ2n) is 4.73. The number of hydrogen-bond acceptors (Lipinski definition) is 3. The number of aromatic nitrogens is 1. The molecule has 4 nitrogen and oxygen atoms in total. The molecule has 1 N–H and O–H groups in total. The lowest BCUT2D eigenvalue weighted by molar-refractivity contribution is 0.385. The zero-order chi connectivity index (χ0) is 13.0. The van der Waals surface area contributed by atoms with Gasteiger partial charge in [0, 0.05) is 0 Å². The molecule has 6 heteroatoms. The molecule has 18 heavy (non-hydrogen) atoms. The zero-order valence-electron chi connectivity index (χ0n) is 10.1. The van der Waals surface area contributed by atoms with Crippen LogP contribution in [0.2, 0.25) is 0 Å². The Morgan fingerprint density at radius 1 is 1.28 bits per heavy atom. The normalized spacial score (nSPS) is 17.6. The first-order valence-electron chi connectivity index (χ1n) is 6.18. The molecule has 0 amide bonds. The third-order valence-electron chi connectivity index (χ3n) is 3.16. The van der Waals surface area contributed by atoms with Crippen molar-refractivity contribution >= 4 is 31.8 Å². The van der Waals surface area contributed by atoms with Crippen molar-refractivity contribution in [2.75, 3.05) is 10.5 Å². The van der Waals surface area contributed by atoms with E-state index in [1.807, 2.05) is 0 Å². The highest BCUT2D eigenvalue weighted by Crippen LogP contribution is 2.25. The van der Waals surface area contributed by atoms with E-state index >= 15 is 0 Å². The van der Waals surface area contributed by atoms with Gasteiger partial charge in [-0.2, -0.15) is 0 Å². The van der Waals surface area contributed by atoms with Gasteiger partial charge < -0.3 is 0 Å². The second kappa shape index (κ2) is 6.02. The van der Waals surface area contributed by atoms with Crippen LogP contribution in [0.25, 0.3) is 0 Å². The Bertz CT molecular complexity index is 499. The predicted octanol–water partition coefficient (Wildman–Crippen LogP) is 3.17. The molecule has 0 spiro atoms. The van der Waals surface area contributed by atoms with Gasteiger partial charge in [-0.25, -0.2) is 13.4 Å². The molecule has 1 fully saturated rings. The minimum Gasteiger partial charge on any atom is -0.267 e. The van der Waals surface area contributed by atoms with E-state index in [4.69, 9.17) is 0 Å². The van der Waals surface area contributed by atoms with Crippen molar-refractivity contribution in [1.29, 1.82) is 0 Å². The molecule has 0 aliphatic heterocycles. The minimum absolute atomic E-state index is 0.210. The summed E-state index contributed by atoms with van der Waals surface area (Å²) in [5.74, 6) is 0.880. The Kier molecular flexibility index (Phi) is 4.61. The number of anilines is 1. The van der Waals surface area contributed by atoms with Crippen LogP contribution < -0.4 is 4.72 Å². The molecule has 1 aliphatic rings. The summed E-state index contributed by atoms with van der Waals surface area (Å²) < 4.78 is 27.2. The average Bonchev–Trinajstić information content (AvgIpc) is 2.28. The van der Waals surface area contributed by atoms with E-state index in [1.165, 1.54) is 6.42 Å². The van der Waals surface area contributed by atoms with E-state index in [2.05, 4.69) is 25.6 Å². The highest BCUT2D eigenvalue weighted by molar-refractivity contribution is 9.10. The lowest BCUT2D eigenvalue weighted by Crippen LogP contribution is -2.24. The summed E-state index contributed by atoms with van der Waals surface area (Å²) in [6.45, 7) is 0. The Hall–Kier alpha value is -0.620. The lowest BCUT2D eigenvalue weighted by atomic mass is 9.91. The second-order valence-corrected chi connectivity index (χ2v) is 7.31. The van der Waals surface area contributed by atoms with Crippen molar-refractivity contribution in [3.05, 3.63) is 22.8 Å². The van der Waals surface area contributed by atoms with E-state index in [9.17, 15) is 8.42 Å². The Morgan fingerprint density at radius 3 is 2.67 bits per heavy atom. The van der Waals surface area contributed by atoms with Gasteiger partial charge in [0.2, 0.25) is 10.0 Å². The summed E-state index contributed by atoms with van der Waals surface area (Å²) in [6, 6.07) is 5.18. The molecule has 1 aromatic heterocycles. The maximum Gasteiger partial charge on any atom is 0.234 e. The lowest BCUT2D eigenvalue weighted by Gasteiger charge is -2.21. The SMILES string of the molecule is O=S(=O)(CC1CCCCC1)Nc1cccc(Br)n1. The van der Waals surface area contributed by atoms with Gasteiger partial charge >= 0.3 is 0 Å². The highest BCUT2D eigenvalue weighted by Gasteiger charge is 2.21. The maximum atomic E-state index is 12.0. The molecule has 2 rings (SSSR count). The summed E-state index contributed by atoms with van der Waals surface area (Å²) >= 11 is 3.22. The van der Waals surface area contributed by atoms with Crippen molar-refractivity contribution in [2.45, 2.75) is 32.1 Å². The number of hydrogen-bond donors (Lipinski definition) is 1. The average molecular weight is 333 g/mol. The maximum absolute atomic E-state index is 12.0. The number of nitrogens with zero attached hydrogens (tertiary/aromatic N) is 1. The molecule has 1 saturated carbocycles. The first kappa shape index (κ1) is 13.8. The number of rotatable bonds is 4. The van der Waals surface area contributed by atoms with Crippen molar-refractivity contribution in [3.8, 4) is 0 Å². The van der Waals surface area contributed by atoms with Gasteiger partial charge in [-0.3, -0.25) is 4.72 Å². The van der Waals surface area contributed by atoms with E-state index in [0.717, 1.165) is 25.7 Å². The van der Waals surface area contributed by atoms with Crippen LogP contribution in [0.1, 0.15) is 32.1 Å². The fourth-order valence-corrected chi connectivity index (χ4v) is 4.14. The molecule has 0 bridgehead atoms. The first-order chi connectivity index (χ1) is 8.55. The van der Waals surface area contributed by atoms with Crippen LogP contribution in [0.3, 0.4) is 0 Å². The van der Waals surface area contributed by atoms with Crippen molar-refractivity contribution in [1.82, 2.24) is 4.98 Å². The Morgan fingerprint density at radius 2 is 2.00 bits per heavy atom. The van der Waals surface area contributed by atoms with Crippen LogP contribution in [0.4, 0.5) is 5.82 Å². The predicted molar refractivity (Wildman–Crippen MR) is 75.9 cm³/mol. The van der Waals surface area contributed by atoms with Crippen LogP contribution >= 0.6 is 15.9 Å². The summed E-state index contributed by atoms with van der Waals surface area (Å²) in [6.07, 6.45) is 5.57. The number of sulfonamides is 1. The molecule has 1 aromatic rings. The third-order valence-corrected chi connectivity index (χ3v) is 5.03. The smallest absolute Gasteiger partial charge is 0.234 e. The number of pyridine rings is 1. The molecular formula is C12H17BrN2O2S. The molecule has 0 aromatic carbocycles. The summed E-state index contributed by atoms with van der Waals surface area (Å²) in [4.78, 5) is 4.08. The first-order valence-corrected chi connectivity index (χ1v) is 8.63. The zero-order valence-corrected chi connectivity index (χ0v) is 12.5. The summed E-state index contributed by atoms with van der Waals surface area (Å²) in [7, 11) is -3.28. The molecule has 0 radical (unpaired) electrons. The fourth-order valence-electron chi connectivity index (χ4n) is 2.33. The quantitative estimate of drug-likeness (QED) is 0.861. The largest absolute Gasteiger partial charge is 0.267 e. The van der Waals surface area contributed by atoms with Gasteiger partial charge in [0.05, 0.1) is 5.75 Å². The number of nitrogens with one attached hydrogen (secondary N) is 1. The van der Waals surface area contributed by atoms with E-state index in [1.54, 1.807) is 18.2 Å². The van der Waals surface area contributed by atoms with Gasteiger partial charge in [0.15, 0.2) is 0 Å². The van der Waals surface area contributed by atoms with Gasteiger partial charge in [-0.15, -0.1) is 0 Å².